The van der Waals surface area contributed by atoms with Gasteiger partial charge in [0, 0.05) is 6.54 Å². The fourth-order valence-electron chi connectivity index (χ4n) is 2.13. The van der Waals surface area contributed by atoms with Gasteiger partial charge < -0.3 is 14.8 Å². The van der Waals surface area contributed by atoms with Crippen molar-refractivity contribution in [3.8, 4) is 11.5 Å². The number of unbranched alkanes of at least 4 members (excludes halogenated alkanes) is 1. The number of methoxy groups -OCH3 is 1. The first-order valence-corrected chi connectivity index (χ1v) is 7.73. The molecule has 0 spiro atoms. The normalized spacial score (nSPS) is 11.8. The molecule has 0 saturated carbocycles. The molecule has 0 aliphatic heterocycles. The van der Waals surface area contributed by atoms with Crippen LogP contribution in [0.3, 0.4) is 0 Å². The lowest BCUT2D eigenvalue weighted by molar-refractivity contribution is -0.123. The van der Waals surface area contributed by atoms with Gasteiger partial charge in [0.1, 0.15) is 0 Å². The summed E-state index contributed by atoms with van der Waals surface area (Å²) in [6, 6.07) is 7.33. The number of nitrogens with one attached hydrogen (secondary N) is 1. The number of hydrogen-bond donors (Lipinski definition) is 1. The number of amides is 1. The summed E-state index contributed by atoms with van der Waals surface area (Å²) in [6.45, 7) is 5.10. The Kier molecular flexibility index (Phi) is 8.32. The van der Waals surface area contributed by atoms with Gasteiger partial charge in [0.05, 0.1) is 7.11 Å². The van der Waals surface area contributed by atoms with Gasteiger partial charge in [0.25, 0.3) is 5.91 Å². The van der Waals surface area contributed by atoms with Crippen molar-refractivity contribution in [1.82, 2.24) is 5.32 Å². The maximum absolute atomic E-state index is 11.8. The van der Waals surface area contributed by atoms with Crippen LogP contribution in [-0.4, -0.2) is 26.2 Å². The molecule has 4 nitrogen and oxygen atoms in total. The van der Waals surface area contributed by atoms with Gasteiger partial charge in [0.2, 0.25) is 0 Å². The lowest BCUT2D eigenvalue weighted by Gasteiger charge is -2.15. The van der Waals surface area contributed by atoms with Crippen LogP contribution in [0.5, 0.6) is 11.5 Å². The Morgan fingerprint density at radius 2 is 1.95 bits per heavy atom. The molecule has 0 aliphatic rings. The van der Waals surface area contributed by atoms with E-state index >= 15 is 0 Å². The Bertz CT molecular complexity index is 420. The zero-order chi connectivity index (χ0) is 15.5. The van der Waals surface area contributed by atoms with E-state index in [0.717, 1.165) is 13.0 Å². The van der Waals surface area contributed by atoms with Crippen molar-refractivity contribution in [3.05, 3.63) is 24.3 Å². The summed E-state index contributed by atoms with van der Waals surface area (Å²) in [6.07, 6.45) is 4.67. The van der Waals surface area contributed by atoms with E-state index in [9.17, 15) is 4.79 Å². The molecule has 4 heteroatoms. The molecule has 0 heterocycles. The summed E-state index contributed by atoms with van der Waals surface area (Å²) in [4.78, 5) is 11.8. The van der Waals surface area contributed by atoms with Gasteiger partial charge >= 0.3 is 0 Å². The van der Waals surface area contributed by atoms with Crippen LogP contribution < -0.4 is 14.8 Å². The van der Waals surface area contributed by atoms with Gasteiger partial charge in [0.15, 0.2) is 18.1 Å². The Morgan fingerprint density at radius 1 is 1.24 bits per heavy atom. The molecule has 0 aliphatic carbocycles. The van der Waals surface area contributed by atoms with E-state index in [-0.39, 0.29) is 12.5 Å². The second kappa shape index (κ2) is 10.1. The smallest absolute Gasteiger partial charge is 0.257 e. The summed E-state index contributed by atoms with van der Waals surface area (Å²) in [5.74, 6) is 1.70. The highest BCUT2D eigenvalue weighted by molar-refractivity contribution is 5.77. The monoisotopic (exact) mass is 293 g/mol. The van der Waals surface area contributed by atoms with Gasteiger partial charge in [-0.25, -0.2) is 0 Å². The second-order valence-electron chi connectivity index (χ2n) is 5.16. The molecule has 0 radical (unpaired) electrons. The molecule has 1 atom stereocenters. The number of rotatable bonds is 10. The minimum Gasteiger partial charge on any atom is -0.493 e. The van der Waals surface area contributed by atoms with Crippen molar-refractivity contribution in [1.29, 1.82) is 0 Å². The first kappa shape index (κ1) is 17.3. The minimum atomic E-state index is -0.0872. The highest BCUT2D eigenvalue weighted by atomic mass is 16.5. The SMILES string of the molecule is CCCC[C@H](CC)CNC(=O)COc1ccccc1OC. The Hall–Kier alpha value is -1.71. The van der Waals surface area contributed by atoms with Crippen LogP contribution in [0, 0.1) is 5.92 Å². The predicted octanol–water partition coefficient (Wildman–Crippen LogP) is 3.41. The van der Waals surface area contributed by atoms with Crippen molar-refractivity contribution in [2.45, 2.75) is 39.5 Å². The summed E-state index contributed by atoms with van der Waals surface area (Å²) in [5, 5.41) is 2.95. The third-order valence-corrected chi connectivity index (χ3v) is 3.56. The molecule has 1 aromatic rings. The Balaban J connectivity index is 2.33. The van der Waals surface area contributed by atoms with Crippen LogP contribution in [0.15, 0.2) is 24.3 Å². The minimum absolute atomic E-state index is 0.0184. The Morgan fingerprint density at radius 3 is 2.57 bits per heavy atom. The van der Waals surface area contributed by atoms with Crippen LogP contribution in [0.1, 0.15) is 39.5 Å². The first-order valence-electron chi connectivity index (χ1n) is 7.73. The molecule has 0 bridgehead atoms. The molecular formula is C17H27NO3. The fourth-order valence-corrected chi connectivity index (χ4v) is 2.13. The summed E-state index contributed by atoms with van der Waals surface area (Å²) >= 11 is 0. The maximum Gasteiger partial charge on any atom is 0.257 e. The van der Waals surface area contributed by atoms with Crippen molar-refractivity contribution in [3.63, 3.8) is 0 Å². The number of benzene rings is 1. The number of carbonyl (C=O) groups is 1. The molecule has 0 aromatic heterocycles. The number of carbonyl (C=O) groups excluding carboxylic acids is 1. The summed E-state index contributed by atoms with van der Waals surface area (Å²) in [7, 11) is 1.59. The molecule has 0 saturated heterocycles. The Labute approximate surface area is 127 Å². The number of para-hydroxylation sites is 2. The zero-order valence-corrected chi connectivity index (χ0v) is 13.4. The van der Waals surface area contributed by atoms with Crippen molar-refractivity contribution >= 4 is 5.91 Å². The van der Waals surface area contributed by atoms with Crippen LogP contribution in [0.25, 0.3) is 0 Å². The molecule has 1 N–H and O–H groups in total. The van der Waals surface area contributed by atoms with E-state index in [1.165, 1.54) is 19.3 Å². The fraction of sp³-hybridized carbons (Fsp3) is 0.588. The highest BCUT2D eigenvalue weighted by Gasteiger charge is 2.10. The summed E-state index contributed by atoms with van der Waals surface area (Å²) in [5.41, 5.74) is 0. The van der Waals surface area contributed by atoms with Gasteiger partial charge in [-0.05, 0) is 24.5 Å². The average molecular weight is 293 g/mol. The molecule has 0 fully saturated rings. The number of hydrogen-bond acceptors (Lipinski definition) is 3. The first-order chi connectivity index (χ1) is 10.2. The van der Waals surface area contributed by atoms with Crippen molar-refractivity contribution in [2.24, 2.45) is 5.92 Å². The van der Waals surface area contributed by atoms with E-state index < -0.39 is 0 Å². The number of ether oxygens (including phenoxy) is 2. The van der Waals surface area contributed by atoms with Crippen molar-refractivity contribution in [2.75, 3.05) is 20.3 Å². The highest BCUT2D eigenvalue weighted by Crippen LogP contribution is 2.25. The van der Waals surface area contributed by atoms with Crippen LogP contribution in [-0.2, 0) is 4.79 Å². The van der Waals surface area contributed by atoms with Gasteiger partial charge in [-0.3, -0.25) is 4.79 Å². The molecule has 118 valence electrons. The van der Waals surface area contributed by atoms with Crippen LogP contribution in [0.2, 0.25) is 0 Å². The van der Waals surface area contributed by atoms with E-state index in [1.807, 2.05) is 18.2 Å². The maximum atomic E-state index is 11.8. The van der Waals surface area contributed by atoms with Crippen LogP contribution in [0.4, 0.5) is 0 Å². The lowest BCUT2D eigenvalue weighted by atomic mass is 9.99. The largest absolute Gasteiger partial charge is 0.493 e. The zero-order valence-electron chi connectivity index (χ0n) is 13.4. The van der Waals surface area contributed by atoms with E-state index in [2.05, 4.69) is 19.2 Å². The molecule has 1 rings (SSSR count). The van der Waals surface area contributed by atoms with Crippen LogP contribution >= 0.6 is 0 Å². The molecule has 0 unspecified atom stereocenters. The van der Waals surface area contributed by atoms with E-state index in [4.69, 9.17) is 9.47 Å². The quantitative estimate of drug-likeness (QED) is 0.719. The van der Waals surface area contributed by atoms with Crippen molar-refractivity contribution < 1.29 is 14.3 Å². The van der Waals surface area contributed by atoms with E-state index in [0.29, 0.717) is 17.4 Å². The average Bonchev–Trinajstić information content (AvgIpc) is 2.53. The lowest BCUT2D eigenvalue weighted by Crippen LogP contribution is -2.33. The van der Waals surface area contributed by atoms with E-state index in [1.54, 1.807) is 13.2 Å². The van der Waals surface area contributed by atoms with Gasteiger partial charge in [-0.1, -0.05) is 45.2 Å². The van der Waals surface area contributed by atoms with Gasteiger partial charge in [-0.2, -0.15) is 0 Å². The molecule has 1 aromatic carbocycles. The second-order valence-corrected chi connectivity index (χ2v) is 5.16. The molecule has 21 heavy (non-hydrogen) atoms. The molecular weight excluding hydrogens is 266 g/mol. The topological polar surface area (TPSA) is 47.6 Å². The third-order valence-electron chi connectivity index (χ3n) is 3.56. The predicted molar refractivity (Wildman–Crippen MR) is 84.8 cm³/mol. The third kappa shape index (κ3) is 6.52. The summed E-state index contributed by atoms with van der Waals surface area (Å²) < 4.78 is 10.7. The van der Waals surface area contributed by atoms with Gasteiger partial charge in [-0.15, -0.1) is 0 Å². The standard InChI is InChI=1S/C17H27NO3/c1-4-6-9-14(5-2)12-18-17(19)13-21-16-11-8-7-10-15(16)20-3/h7-8,10-11,14H,4-6,9,12-13H2,1-3H3,(H,18,19)/t14-/m0/s1. The molecule has 1 amide bonds.